The third-order valence-electron chi connectivity index (χ3n) is 4.95. The summed E-state index contributed by atoms with van der Waals surface area (Å²) >= 11 is 0. The molecule has 4 rings (SSSR count). The maximum absolute atomic E-state index is 5.41. The zero-order chi connectivity index (χ0) is 19.3. The number of aromatic nitrogens is 4. The molecule has 1 fully saturated rings. The van der Waals surface area contributed by atoms with E-state index in [-0.39, 0.29) is 0 Å². The van der Waals surface area contributed by atoms with Crippen LogP contribution in [0.4, 0.5) is 5.82 Å². The Kier molecular flexibility index (Phi) is 5.64. The van der Waals surface area contributed by atoms with Crippen LogP contribution in [0.25, 0.3) is 22.5 Å². The van der Waals surface area contributed by atoms with Crippen LogP contribution >= 0.6 is 0 Å². The van der Waals surface area contributed by atoms with Gasteiger partial charge in [0.15, 0.2) is 0 Å². The minimum absolute atomic E-state index is 0.829. The summed E-state index contributed by atoms with van der Waals surface area (Å²) in [6, 6.07) is 12.4. The van der Waals surface area contributed by atoms with Gasteiger partial charge in [-0.2, -0.15) is 5.10 Å². The fourth-order valence-corrected chi connectivity index (χ4v) is 3.30. The lowest BCUT2D eigenvalue weighted by atomic mass is 10.1. The van der Waals surface area contributed by atoms with Crippen molar-refractivity contribution in [3.8, 4) is 22.5 Å². The van der Waals surface area contributed by atoms with Gasteiger partial charge in [0.05, 0.1) is 31.1 Å². The molecule has 1 aliphatic heterocycles. The summed E-state index contributed by atoms with van der Waals surface area (Å²) in [6.07, 6.45) is 3.66. The van der Waals surface area contributed by atoms with Crippen LogP contribution < -0.4 is 4.90 Å². The van der Waals surface area contributed by atoms with E-state index in [1.807, 2.05) is 29.7 Å². The van der Waals surface area contributed by atoms with E-state index in [1.54, 1.807) is 6.33 Å². The molecule has 1 aromatic carbocycles. The van der Waals surface area contributed by atoms with Crippen molar-refractivity contribution in [1.29, 1.82) is 0 Å². The fourth-order valence-electron chi connectivity index (χ4n) is 3.30. The molecule has 0 saturated carbocycles. The SMILES string of the molecule is CN(C)c1cc(-c2cccc(-c3ccn(CCN4CCOCC4)n3)c2)ncn1. The second-order valence-electron chi connectivity index (χ2n) is 7.15. The zero-order valence-electron chi connectivity index (χ0n) is 16.5. The van der Waals surface area contributed by atoms with E-state index in [9.17, 15) is 0 Å². The van der Waals surface area contributed by atoms with Gasteiger partial charge in [0.1, 0.15) is 12.1 Å². The number of hydrogen-bond acceptors (Lipinski definition) is 6. The molecule has 3 aromatic rings. The van der Waals surface area contributed by atoms with Crippen molar-refractivity contribution in [2.45, 2.75) is 6.54 Å². The first-order valence-electron chi connectivity index (χ1n) is 9.63. The van der Waals surface area contributed by atoms with E-state index >= 15 is 0 Å². The smallest absolute Gasteiger partial charge is 0.132 e. The van der Waals surface area contributed by atoms with Crippen LogP contribution in [-0.4, -0.2) is 71.6 Å². The number of nitrogens with zero attached hydrogens (tertiary/aromatic N) is 6. The number of ether oxygens (including phenoxy) is 1. The van der Waals surface area contributed by atoms with E-state index in [0.717, 1.165) is 67.7 Å². The number of hydrogen-bond donors (Lipinski definition) is 0. The summed E-state index contributed by atoms with van der Waals surface area (Å²) in [5.74, 6) is 0.891. The lowest BCUT2D eigenvalue weighted by molar-refractivity contribution is 0.0360. The highest BCUT2D eigenvalue weighted by Gasteiger charge is 2.11. The summed E-state index contributed by atoms with van der Waals surface area (Å²) in [7, 11) is 3.96. The van der Waals surface area contributed by atoms with Crippen LogP contribution in [0.2, 0.25) is 0 Å². The van der Waals surface area contributed by atoms with Crippen molar-refractivity contribution in [2.24, 2.45) is 0 Å². The van der Waals surface area contributed by atoms with Gasteiger partial charge < -0.3 is 9.64 Å². The molecule has 0 N–H and O–H groups in total. The number of rotatable bonds is 6. The molecule has 0 atom stereocenters. The molecular weight excluding hydrogens is 352 g/mol. The summed E-state index contributed by atoms with van der Waals surface area (Å²) in [6.45, 7) is 5.55. The molecule has 0 radical (unpaired) electrons. The minimum Gasteiger partial charge on any atom is -0.379 e. The average molecular weight is 378 g/mol. The van der Waals surface area contributed by atoms with E-state index < -0.39 is 0 Å². The van der Waals surface area contributed by atoms with Crippen molar-refractivity contribution in [3.63, 3.8) is 0 Å². The molecule has 1 aliphatic rings. The Hall–Kier alpha value is -2.77. The Balaban J connectivity index is 1.48. The molecule has 146 valence electrons. The molecule has 2 aromatic heterocycles. The van der Waals surface area contributed by atoms with Crippen molar-refractivity contribution >= 4 is 5.82 Å². The third-order valence-corrected chi connectivity index (χ3v) is 4.95. The van der Waals surface area contributed by atoms with Gasteiger partial charge in [0.25, 0.3) is 0 Å². The zero-order valence-corrected chi connectivity index (χ0v) is 16.5. The molecule has 0 unspecified atom stereocenters. The van der Waals surface area contributed by atoms with Crippen LogP contribution in [0.15, 0.2) is 48.9 Å². The molecule has 7 nitrogen and oxygen atoms in total. The maximum atomic E-state index is 5.41. The highest BCUT2D eigenvalue weighted by atomic mass is 16.5. The molecule has 3 heterocycles. The van der Waals surface area contributed by atoms with E-state index in [4.69, 9.17) is 9.84 Å². The van der Waals surface area contributed by atoms with E-state index in [2.05, 4.69) is 51.4 Å². The van der Waals surface area contributed by atoms with Gasteiger partial charge in [-0.15, -0.1) is 0 Å². The number of anilines is 1. The quantitative estimate of drug-likeness (QED) is 0.657. The van der Waals surface area contributed by atoms with Gasteiger partial charge in [-0.3, -0.25) is 9.58 Å². The first kappa shape index (κ1) is 18.6. The minimum atomic E-state index is 0.829. The highest BCUT2D eigenvalue weighted by molar-refractivity contribution is 5.70. The lowest BCUT2D eigenvalue weighted by Crippen LogP contribution is -2.38. The largest absolute Gasteiger partial charge is 0.379 e. The monoisotopic (exact) mass is 378 g/mol. The first-order valence-corrected chi connectivity index (χ1v) is 9.63. The van der Waals surface area contributed by atoms with Gasteiger partial charge in [-0.1, -0.05) is 18.2 Å². The topological polar surface area (TPSA) is 59.3 Å². The molecule has 0 amide bonds. The second-order valence-corrected chi connectivity index (χ2v) is 7.15. The predicted molar refractivity (Wildman–Crippen MR) is 110 cm³/mol. The number of morpholine rings is 1. The molecular formula is C21H26N6O. The normalized spacial score (nSPS) is 14.9. The van der Waals surface area contributed by atoms with Crippen LogP contribution in [0, 0.1) is 0 Å². The maximum Gasteiger partial charge on any atom is 0.132 e. The van der Waals surface area contributed by atoms with Crippen molar-refractivity contribution < 1.29 is 4.74 Å². The van der Waals surface area contributed by atoms with Gasteiger partial charge in [-0.05, 0) is 12.1 Å². The predicted octanol–water partition coefficient (Wildman–Crippen LogP) is 2.41. The van der Waals surface area contributed by atoms with Crippen LogP contribution in [-0.2, 0) is 11.3 Å². The summed E-state index contributed by atoms with van der Waals surface area (Å²) < 4.78 is 7.43. The molecule has 0 bridgehead atoms. The lowest BCUT2D eigenvalue weighted by Gasteiger charge is -2.26. The molecule has 0 spiro atoms. The summed E-state index contributed by atoms with van der Waals surface area (Å²) in [4.78, 5) is 13.1. The Morgan fingerprint density at radius 1 is 0.964 bits per heavy atom. The van der Waals surface area contributed by atoms with Gasteiger partial charge in [-0.25, -0.2) is 9.97 Å². The van der Waals surface area contributed by atoms with Crippen molar-refractivity contribution in [3.05, 3.63) is 48.9 Å². The van der Waals surface area contributed by atoms with Crippen molar-refractivity contribution in [1.82, 2.24) is 24.6 Å². The Morgan fingerprint density at radius 2 is 1.75 bits per heavy atom. The summed E-state index contributed by atoms with van der Waals surface area (Å²) in [5, 5.41) is 4.76. The van der Waals surface area contributed by atoms with Gasteiger partial charge >= 0.3 is 0 Å². The molecule has 1 saturated heterocycles. The third kappa shape index (κ3) is 4.37. The first-order chi connectivity index (χ1) is 13.7. The Bertz CT molecular complexity index is 917. The van der Waals surface area contributed by atoms with Crippen molar-refractivity contribution in [2.75, 3.05) is 51.8 Å². The standard InChI is InChI=1S/C21H26N6O/c1-25(2)21-15-20(22-16-23-21)18-5-3-4-17(14-18)19-6-7-27(24-19)9-8-26-10-12-28-13-11-26/h3-7,14-16H,8-13H2,1-2H3. The second kappa shape index (κ2) is 8.50. The van der Waals surface area contributed by atoms with E-state index in [0.29, 0.717) is 0 Å². The highest BCUT2D eigenvalue weighted by Crippen LogP contribution is 2.25. The average Bonchev–Trinajstić information content (AvgIpc) is 3.22. The summed E-state index contributed by atoms with van der Waals surface area (Å²) in [5.41, 5.74) is 4.04. The number of benzene rings is 1. The van der Waals surface area contributed by atoms with E-state index in [1.165, 1.54) is 0 Å². The fraction of sp³-hybridized carbons (Fsp3) is 0.381. The van der Waals surface area contributed by atoms with Crippen LogP contribution in [0.1, 0.15) is 0 Å². The molecule has 28 heavy (non-hydrogen) atoms. The Morgan fingerprint density at radius 3 is 2.54 bits per heavy atom. The Labute approximate surface area is 165 Å². The van der Waals surface area contributed by atoms with Gasteiger partial charge in [0, 0.05) is 57.1 Å². The molecule has 0 aliphatic carbocycles. The van der Waals surface area contributed by atoms with Crippen LogP contribution in [0.3, 0.4) is 0 Å². The van der Waals surface area contributed by atoms with Gasteiger partial charge in [0.2, 0.25) is 0 Å². The van der Waals surface area contributed by atoms with Crippen LogP contribution in [0.5, 0.6) is 0 Å². The molecule has 7 heteroatoms.